The average molecular weight is 419 g/mol. The molecule has 8 nitrogen and oxygen atoms in total. The molecule has 1 fully saturated rings. The first kappa shape index (κ1) is 21.1. The fourth-order valence-electron chi connectivity index (χ4n) is 3.12. The third-order valence-electron chi connectivity index (χ3n) is 4.61. The fourth-order valence-corrected chi connectivity index (χ4v) is 3.85. The minimum Gasteiger partial charge on any atom is -0.497 e. The van der Waals surface area contributed by atoms with Crippen LogP contribution in [0.1, 0.15) is 12.6 Å². The molecule has 1 amide bonds. The lowest BCUT2D eigenvalue weighted by Gasteiger charge is -2.35. The van der Waals surface area contributed by atoms with Crippen LogP contribution in [0.2, 0.25) is 0 Å². The zero-order valence-corrected chi connectivity index (χ0v) is 17.5. The standard InChI is InChI=1S/C20H26N4O4S/c1-3-28-19(26)12-15-14-29-20(21-15)22-18(25)13-23-8-10-24(11-9-23)16-4-6-17(27-2)7-5-16/h4-7,14H,3,8-13H2,1-2H3,(H,21,22,25). The molecule has 9 heteroatoms. The van der Waals surface area contributed by atoms with Crippen molar-refractivity contribution in [3.8, 4) is 5.75 Å². The third kappa shape index (κ3) is 6.16. The molecule has 29 heavy (non-hydrogen) atoms. The first-order valence-electron chi connectivity index (χ1n) is 9.58. The predicted molar refractivity (Wildman–Crippen MR) is 113 cm³/mol. The smallest absolute Gasteiger partial charge is 0.311 e. The number of esters is 1. The van der Waals surface area contributed by atoms with Crippen LogP contribution in [0.4, 0.5) is 10.8 Å². The second-order valence-corrected chi connectivity index (χ2v) is 7.49. The highest BCUT2D eigenvalue weighted by atomic mass is 32.1. The normalized spacial score (nSPS) is 14.5. The molecule has 1 aliphatic heterocycles. The molecule has 1 N–H and O–H groups in total. The van der Waals surface area contributed by atoms with Crippen molar-refractivity contribution in [2.45, 2.75) is 13.3 Å². The number of amides is 1. The molecule has 0 unspecified atom stereocenters. The van der Waals surface area contributed by atoms with Gasteiger partial charge in [-0.3, -0.25) is 14.5 Å². The van der Waals surface area contributed by atoms with Crippen molar-refractivity contribution >= 4 is 34.0 Å². The van der Waals surface area contributed by atoms with E-state index in [1.54, 1.807) is 19.4 Å². The van der Waals surface area contributed by atoms with Gasteiger partial charge in [0.15, 0.2) is 5.13 Å². The van der Waals surface area contributed by atoms with Gasteiger partial charge in [0.2, 0.25) is 5.91 Å². The largest absolute Gasteiger partial charge is 0.497 e. The molecule has 2 heterocycles. The second-order valence-electron chi connectivity index (χ2n) is 6.64. The number of benzene rings is 1. The van der Waals surface area contributed by atoms with Crippen molar-refractivity contribution in [1.29, 1.82) is 0 Å². The summed E-state index contributed by atoms with van der Waals surface area (Å²) in [7, 11) is 1.66. The zero-order valence-electron chi connectivity index (χ0n) is 16.7. The Labute approximate surface area is 174 Å². The molecule has 0 aliphatic carbocycles. The Balaban J connectivity index is 1.42. The molecule has 0 bridgehead atoms. The monoisotopic (exact) mass is 418 g/mol. The maximum Gasteiger partial charge on any atom is 0.311 e. The number of aromatic nitrogens is 1. The summed E-state index contributed by atoms with van der Waals surface area (Å²) in [6, 6.07) is 8.02. The summed E-state index contributed by atoms with van der Waals surface area (Å²) in [6.45, 7) is 5.78. The Bertz CT molecular complexity index is 816. The predicted octanol–water partition coefficient (Wildman–Crippen LogP) is 2.02. The lowest BCUT2D eigenvalue weighted by molar-refractivity contribution is -0.142. The van der Waals surface area contributed by atoms with Crippen molar-refractivity contribution in [3.63, 3.8) is 0 Å². The highest BCUT2D eigenvalue weighted by molar-refractivity contribution is 7.13. The van der Waals surface area contributed by atoms with Crippen molar-refractivity contribution in [2.24, 2.45) is 0 Å². The topological polar surface area (TPSA) is 84.0 Å². The summed E-state index contributed by atoms with van der Waals surface area (Å²) in [6.07, 6.45) is 0.119. The van der Waals surface area contributed by atoms with Crippen LogP contribution in [0.25, 0.3) is 0 Å². The highest BCUT2D eigenvalue weighted by Gasteiger charge is 2.20. The summed E-state index contributed by atoms with van der Waals surface area (Å²) in [5, 5.41) is 5.09. The van der Waals surface area contributed by atoms with Gasteiger partial charge in [-0.25, -0.2) is 4.98 Å². The van der Waals surface area contributed by atoms with E-state index in [9.17, 15) is 9.59 Å². The van der Waals surface area contributed by atoms with Gasteiger partial charge < -0.3 is 19.7 Å². The van der Waals surface area contributed by atoms with Gasteiger partial charge in [0.1, 0.15) is 5.75 Å². The number of rotatable bonds is 8. The van der Waals surface area contributed by atoms with Crippen LogP contribution in [0, 0.1) is 0 Å². The maximum absolute atomic E-state index is 12.3. The molecule has 0 radical (unpaired) electrons. The molecule has 3 rings (SSSR count). The van der Waals surface area contributed by atoms with E-state index in [1.165, 1.54) is 11.3 Å². The van der Waals surface area contributed by atoms with Crippen molar-refractivity contribution in [1.82, 2.24) is 9.88 Å². The number of nitrogens with one attached hydrogen (secondary N) is 1. The number of methoxy groups -OCH3 is 1. The molecular weight excluding hydrogens is 392 g/mol. The van der Waals surface area contributed by atoms with Crippen LogP contribution in [0.3, 0.4) is 0 Å². The van der Waals surface area contributed by atoms with E-state index in [-0.39, 0.29) is 18.3 Å². The molecule has 156 valence electrons. The van der Waals surface area contributed by atoms with Crippen molar-refractivity contribution in [2.75, 3.05) is 56.7 Å². The van der Waals surface area contributed by atoms with Crippen LogP contribution < -0.4 is 15.0 Å². The Hall–Kier alpha value is -2.65. The van der Waals surface area contributed by atoms with E-state index in [0.29, 0.717) is 24.0 Å². The van der Waals surface area contributed by atoms with Gasteiger partial charge in [-0.2, -0.15) is 0 Å². The maximum atomic E-state index is 12.3. The van der Waals surface area contributed by atoms with Gasteiger partial charge >= 0.3 is 5.97 Å². The molecular formula is C20H26N4O4S. The quantitative estimate of drug-likeness (QED) is 0.657. The Morgan fingerprint density at radius 3 is 2.55 bits per heavy atom. The number of anilines is 2. The first-order valence-corrected chi connectivity index (χ1v) is 10.5. The van der Waals surface area contributed by atoms with Crippen molar-refractivity contribution in [3.05, 3.63) is 35.3 Å². The first-order chi connectivity index (χ1) is 14.1. The number of thiazole rings is 1. The summed E-state index contributed by atoms with van der Waals surface area (Å²) < 4.78 is 10.1. The van der Waals surface area contributed by atoms with Crippen LogP contribution in [0.5, 0.6) is 5.75 Å². The third-order valence-corrected chi connectivity index (χ3v) is 5.41. The molecule has 1 saturated heterocycles. The summed E-state index contributed by atoms with van der Waals surface area (Å²) in [4.78, 5) is 32.5. The highest BCUT2D eigenvalue weighted by Crippen LogP contribution is 2.21. The minimum atomic E-state index is -0.314. The Kier molecular flexibility index (Phi) is 7.42. The Morgan fingerprint density at radius 2 is 1.90 bits per heavy atom. The van der Waals surface area contributed by atoms with Gasteiger partial charge in [-0.05, 0) is 31.2 Å². The van der Waals surface area contributed by atoms with E-state index >= 15 is 0 Å². The van der Waals surface area contributed by atoms with Gasteiger partial charge in [0, 0.05) is 37.2 Å². The molecule has 1 aromatic carbocycles. The summed E-state index contributed by atoms with van der Waals surface area (Å²) in [5.74, 6) is 0.432. The van der Waals surface area contributed by atoms with E-state index in [1.807, 2.05) is 12.1 Å². The number of hydrogen-bond donors (Lipinski definition) is 1. The number of hydrogen-bond acceptors (Lipinski definition) is 8. The molecule has 1 aliphatic rings. The minimum absolute atomic E-state index is 0.0973. The van der Waals surface area contributed by atoms with E-state index in [2.05, 4.69) is 32.2 Å². The molecule has 1 aromatic heterocycles. The number of ether oxygens (including phenoxy) is 2. The number of carbonyl (C=O) groups excluding carboxylic acids is 2. The lowest BCUT2D eigenvalue weighted by atomic mass is 10.2. The van der Waals surface area contributed by atoms with Gasteiger partial charge in [0.25, 0.3) is 0 Å². The number of carbonyl (C=O) groups is 2. The van der Waals surface area contributed by atoms with Crippen molar-refractivity contribution < 1.29 is 19.1 Å². The summed E-state index contributed by atoms with van der Waals surface area (Å²) in [5.41, 5.74) is 1.77. The zero-order chi connectivity index (χ0) is 20.6. The molecule has 0 saturated carbocycles. The number of piperazine rings is 1. The van der Waals surface area contributed by atoms with Crippen LogP contribution in [-0.2, 0) is 20.7 Å². The second kappa shape index (κ2) is 10.2. The number of nitrogens with zero attached hydrogens (tertiary/aromatic N) is 3. The molecule has 0 atom stereocenters. The van der Waals surface area contributed by atoms with Crippen LogP contribution in [0.15, 0.2) is 29.6 Å². The van der Waals surface area contributed by atoms with Crippen LogP contribution >= 0.6 is 11.3 Å². The van der Waals surface area contributed by atoms with Gasteiger partial charge in [-0.1, -0.05) is 0 Å². The van der Waals surface area contributed by atoms with Gasteiger partial charge in [-0.15, -0.1) is 11.3 Å². The van der Waals surface area contributed by atoms with E-state index in [4.69, 9.17) is 9.47 Å². The van der Waals surface area contributed by atoms with E-state index in [0.717, 1.165) is 37.6 Å². The molecule has 2 aromatic rings. The molecule has 0 spiro atoms. The van der Waals surface area contributed by atoms with E-state index < -0.39 is 0 Å². The summed E-state index contributed by atoms with van der Waals surface area (Å²) >= 11 is 1.31. The lowest BCUT2D eigenvalue weighted by Crippen LogP contribution is -2.48. The SMILES string of the molecule is CCOC(=O)Cc1csc(NC(=O)CN2CCN(c3ccc(OC)cc3)CC2)n1. The van der Waals surface area contributed by atoms with Gasteiger partial charge in [0.05, 0.1) is 32.4 Å². The fraction of sp³-hybridized carbons (Fsp3) is 0.450. The average Bonchev–Trinajstić information content (AvgIpc) is 3.15. The van der Waals surface area contributed by atoms with Crippen LogP contribution in [-0.4, -0.2) is 68.2 Å². The Morgan fingerprint density at radius 1 is 1.17 bits per heavy atom.